The Balaban J connectivity index is 2.01. The third-order valence-electron chi connectivity index (χ3n) is 4.90. The van der Waals surface area contributed by atoms with Gasteiger partial charge in [0.2, 0.25) is 0 Å². The zero-order valence-corrected chi connectivity index (χ0v) is 18.7. The Bertz CT molecular complexity index is 1200. The van der Waals surface area contributed by atoms with Gasteiger partial charge in [0, 0.05) is 18.0 Å². The molecule has 5 nitrogen and oxygen atoms in total. The molecule has 0 aliphatic rings. The molecule has 3 aromatic rings. The Kier molecular flexibility index (Phi) is 6.76. The molecule has 8 heteroatoms. The van der Waals surface area contributed by atoms with Crippen LogP contribution in [0.4, 0.5) is 13.2 Å². The number of carbonyl (C=O) groups excluding carboxylic acids is 2. The molecule has 0 unspecified atom stereocenters. The Morgan fingerprint density at radius 3 is 2.27 bits per heavy atom. The van der Waals surface area contributed by atoms with Crippen molar-refractivity contribution in [3.63, 3.8) is 0 Å². The molecule has 0 amide bonds. The number of hydrogen-bond acceptors (Lipinski definition) is 5. The number of benzene rings is 2. The van der Waals surface area contributed by atoms with Crippen LogP contribution in [0, 0.1) is 0 Å². The van der Waals surface area contributed by atoms with Gasteiger partial charge in [0.25, 0.3) is 0 Å². The van der Waals surface area contributed by atoms with Crippen molar-refractivity contribution in [2.45, 2.75) is 45.4 Å². The molecule has 0 aliphatic heterocycles. The number of ether oxygens (including phenoxy) is 2. The van der Waals surface area contributed by atoms with Gasteiger partial charge in [-0.1, -0.05) is 30.3 Å². The first-order valence-corrected chi connectivity index (χ1v) is 10.2. The van der Waals surface area contributed by atoms with Crippen molar-refractivity contribution in [2.75, 3.05) is 7.11 Å². The number of halogens is 3. The fraction of sp³-hybridized carbons (Fsp3) is 0.320. The minimum Gasteiger partial charge on any atom is -0.469 e. The normalized spacial score (nSPS) is 12.0. The second-order valence-electron chi connectivity index (χ2n) is 8.58. The number of hydrogen-bond donors (Lipinski definition) is 0. The van der Waals surface area contributed by atoms with Crippen LogP contribution in [0.15, 0.2) is 48.7 Å². The van der Waals surface area contributed by atoms with Crippen LogP contribution >= 0.6 is 0 Å². The zero-order valence-electron chi connectivity index (χ0n) is 18.7. The summed E-state index contributed by atoms with van der Waals surface area (Å²) in [6, 6.07) is 10.8. The van der Waals surface area contributed by atoms with E-state index in [1.807, 2.05) is 12.1 Å². The summed E-state index contributed by atoms with van der Waals surface area (Å²) in [6.45, 7) is 4.77. The Labute approximate surface area is 189 Å². The molecule has 3 rings (SSSR count). The highest BCUT2D eigenvalue weighted by molar-refractivity contribution is 5.92. The minimum atomic E-state index is -4.73. The summed E-state index contributed by atoms with van der Waals surface area (Å²) in [5.41, 5.74) is -0.955. The average molecular weight is 459 g/mol. The van der Waals surface area contributed by atoms with E-state index in [0.29, 0.717) is 16.8 Å². The topological polar surface area (TPSA) is 65.5 Å². The highest BCUT2D eigenvalue weighted by Gasteiger charge is 2.36. The van der Waals surface area contributed by atoms with E-state index in [0.717, 1.165) is 22.9 Å². The molecule has 0 atom stereocenters. The summed E-state index contributed by atoms with van der Waals surface area (Å²) in [5, 5.41) is 1.50. The van der Waals surface area contributed by atoms with Gasteiger partial charge in [0.15, 0.2) is 0 Å². The maximum atomic E-state index is 13.8. The van der Waals surface area contributed by atoms with Gasteiger partial charge in [0.1, 0.15) is 5.60 Å². The highest BCUT2D eigenvalue weighted by atomic mass is 19.4. The molecule has 0 spiro atoms. The second-order valence-corrected chi connectivity index (χ2v) is 8.58. The largest absolute Gasteiger partial charge is 0.469 e. The van der Waals surface area contributed by atoms with Gasteiger partial charge in [-0.3, -0.25) is 9.78 Å². The van der Waals surface area contributed by atoms with E-state index >= 15 is 0 Å². The molecule has 0 radical (unpaired) electrons. The van der Waals surface area contributed by atoms with Crippen molar-refractivity contribution in [3.05, 3.63) is 76.6 Å². The van der Waals surface area contributed by atoms with Gasteiger partial charge in [0.05, 0.1) is 30.4 Å². The van der Waals surface area contributed by atoms with Crippen molar-refractivity contribution in [1.29, 1.82) is 0 Å². The molecule has 1 heterocycles. The lowest BCUT2D eigenvalue weighted by Crippen LogP contribution is -2.26. The molecule has 0 bridgehead atoms. The van der Waals surface area contributed by atoms with E-state index in [4.69, 9.17) is 9.47 Å². The number of fused-ring (bicyclic) bond motifs is 1. The standard InChI is InChI=1S/C25H24F3NO4/c1-24(2,3)33-23(31)19-10-9-15(11-20(19)25(26,27)28)12-21-18-8-6-5-7-17(18)16(14-29-21)13-22(30)32-4/h5-11,14H,12-13H2,1-4H3. The van der Waals surface area contributed by atoms with E-state index in [9.17, 15) is 22.8 Å². The van der Waals surface area contributed by atoms with Crippen LogP contribution in [0.1, 0.15) is 53.5 Å². The number of pyridine rings is 1. The first kappa shape index (κ1) is 24.2. The van der Waals surface area contributed by atoms with Crippen molar-refractivity contribution in [2.24, 2.45) is 0 Å². The SMILES string of the molecule is COC(=O)Cc1cnc(Cc2ccc(C(=O)OC(C)(C)C)c(C(F)(F)F)c2)c2ccccc12. The van der Waals surface area contributed by atoms with Crippen LogP contribution in [-0.4, -0.2) is 29.6 Å². The Hall–Kier alpha value is -3.42. The maximum absolute atomic E-state index is 13.8. The first-order valence-electron chi connectivity index (χ1n) is 10.2. The van der Waals surface area contributed by atoms with E-state index in [-0.39, 0.29) is 12.8 Å². The van der Waals surface area contributed by atoms with Gasteiger partial charge < -0.3 is 9.47 Å². The fourth-order valence-corrected chi connectivity index (χ4v) is 3.46. The predicted octanol–water partition coefficient (Wildman–Crippen LogP) is 5.52. The van der Waals surface area contributed by atoms with Crippen LogP contribution in [0.2, 0.25) is 0 Å². The van der Waals surface area contributed by atoms with Crippen molar-refractivity contribution in [3.8, 4) is 0 Å². The highest BCUT2D eigenvalue weighted by Crippen LogP contribution is 2.34. The van der Waals surface area contributed by atoms with Crippen molar-refractivity contribution >= 4 is 22.7 Å². The Morgan fingerprint density at radius 2 is 1.67 bits per heavy atom. The monoisotopic (exact) mass is 459 g/mol. The number of aromatic nitrogens is 1. The van der Waals surface area contributed by atoms with Crippen LogP contribution in [0.25, 0.3) is 10.8 Å². The fourth-order valence-electron chi connectivity index (χ4n) is 3.46. The molecular weight excluding hydrogens is 435 g/mol. The smallest absolute Gasteiger partial charge is 0.417 e. The molecule has 1 aromatic heterocycles. The van der Waals surface area contributed by atoms with Gasteiger partial charge >= 0.3 is 18.1 Å². The summed E-state index contributed by atoms with van der Waals surface area (Å²) >= 11 is 0. The van der Waals surface area contributed by atoms with E-state index in [1.54, 1.807) is 32.9 Å². The lowest BCUT2D eigenvalue weighted by Gasteiger charge is -2.21. The van der Waals surface area contributed by atoms with Gasteiger partial charge in [-0.2, -0.15) is 13.2 Å². The molecule has 0 N–H and O–H groups in total. The maximum Gasteiger partial charge on any atom is 0.417 e. The summed E-state index contributed by atoms with van der Waals surface area (Å²) in [5.74, 6) is -1.45. The molecular formula is C25H24F3NO4. The minimum absolute atomic E-state index is 0.0348. The molecule has 33 heavy (non-hydrogen) atoms. The number of nitrogens with zero attached hydrogens (tertiary/aromatic N) is 1. The molecule has 2 aromatic carbocycles. The summed E-state index contributed by atoms with van der Waals surface area (Å²) in [6.07, 6.45) is -3.06. The number of alkyl halides is 3. The molecule has 0 aliphatic carbocycles. The number of esters is 2. The summed E-state index contributed by atoms with van der Waals surface area (Å²) in [7, 11) is 1.30. The number of carbonyl (C=O) groups is 2. The predicted molar refractivity (Wildman–Crippen MR) is 117 cm³/mol. The van der Waals surface area contributed by atoms with E-state index in [1.165, 1.54) is 19.4 Å². The van der Waals surface area contributed by atoms with Crippen molar-refractivity contribution < 1.29 is 32.2 Å². The quantitative estimate of drug-likeness (QED) is 0.471. The first-order chi connectivity index (χ1) is 15.4. The molecule has 0 saturated carbocycles. The molecule has 174 valence electrons. The van der Waals surface area contributed by atoms with Crippen LogP contribution < -0.4 is 0 Å². The lowest BCUT2D eigenvalue weighted by molar-refractivity contribution is -0.140. The average Bonchev–Trinajstić information content (AvgIpc) is 2.73. The number of methoxy groups -OCH3 is 1. The summed E-state index contributed by atoms with van der Waals surface area (Å²) in [4.78, 5) is 28.5. The third kappa shape index (κ3) is 5.88. The number of rotatable bonds is 5. The van der Waals surface area contributed by atoms with Gasteiger partial charge in [-0.05, 0) is 49.4 Å². The zero-order chi connectivity index (χ0) is 24.4. The third-order valence-corrected chi connectivity index (χ3v) is 4.90. The van der Waals surface area contributed by atoms with Gasteiger partial charge in [-0.25, -0.2) is 4.79 Å². The van der Waals surface area contributed by atoms with Crippen LogP contribution in [-0.2, 0) is 33.3 Å². The van der Waals surface area contributed by atoms with E-state index in [2.05, 4.69) is 4.98 Å². The van der Waals surface area contributed by atoms with E-state index < -0.39 is 34.8 Å². The molecule has 0 saturated heterocycles. The van der Waals surface area contributed by atoms with Crippen molar-refractivity contribution in [1.82, 2.24) is 4.98 Å². The van der Waals surface area contributed by atoms with Gasteiger partial charge in [-0.15, -0.1) is 0 Å². The lowest BCUT2D eigenvalue weighted by atomic mass is 9.97. The van der Waals surface area contributed by atoms with Crippen LogP contribution in [0.3, 0.4) is 0 Å². The van der Waals surface area contributed by atoms with Crippen LogP contribution in [0.5, 0.6) is 0 Å². The Morgan fingerprint density at radius 1 is 1.00 bits per heavy atom. The summed E-state index contributed by atoms with van der Waals surface area (Å²) < 4.78 is 51.1. The second kappa shape index (κ2) is 9.21. The molecule has 0 fully saturated rings.